The first-order valence-electron chi connectivity index (χ1n) is 7.41. The van der Waals surface area contributed by atoms with E-state index in [4.69, 9.17) is 0 Å². The highest BCUT2D eigenvalue weighted by atomic mass is 16.2. The summed E-state index contributed by atoms with van der Waals surface area (Å²) >= 11 is 0. The van der Waals surface area contributed by atoms with Crippen molar-refractivity contribution in [2.45, 2.75) is 19.5 Å². The zero-order valence-electron chi connectivity index (χ0n) is 13.1. The van der Waals surface area contributed by atoms with Crippen LogP contribution in [0.25, 0.3) is 0 Å². The summed E-state index contributed by atoms with van der Waals surface area (Å²) in [6.45, 7) is 5.63. The van der Waals surface area contributed by atoms with E-state index in [1.807, 2.05) is 60.7 Å². The molecule has 0 saturated heterocycles. The normalized spacial score (nSPS) is 11.3. The average Bonchev–Trinajstić information content (AvgIpc) is 2.59. The van der Waals surface area contributed by atoms with E-state index in [1.165, 1.54) is 0 Å². The van der Waals surface area contributed by atoms with Gasteiger partial charge in [-0.1, -0.05) is 67.2 Å². The molecule has 0 aliphatic rings. The van der Waals surface area contributed by atoms with Gasteiger partial charge < -0.3 is 10.6 Å². The molecule has 118 valence electrons. The van der Waals surface area contributed by atoms with E-state index in [0.717, 1.165) is 11.1 Å². The van der Waals surface area contributed by atoms with Crippen LogP contribution in [-0.4, -0.2) is 11.8 Å². The minimum Gasteiger partial charge on any atom is -0.350 e. The van der Waals surface area contributed by atoms with E-state index >= 15 is 0 Å². The number of rotatable bonds is 6. The van der Waals surface area contributed by atoms with Crippen LogP contribution >= 0.6 is 0 Å². The Morgan fingerprint density at radius 2 is 1.57 bits per heavy atom. The number of hydrogen-bond acceptors (Lipinski definition) is 2. The van der Waals surface area contributed by atoms with E-state index in [2.05, 4.69) is 17.2 Å². The fraction of sp³-hybridized carbons (Fsp3) is 0.158. The van der Waals surface area contributed by atoms with Crippen LogP contribution in [0, 0.1) is 0 Å². The fourth-order valence-corrected chi connectivity index (χ4v) is 2.09. The van der Waals surface area contributed by atoms with Gasteiger partial charge in [-0.25, -0.2) is 0 Å². The van der Waals surface area contributed by atoms with Gasteiger partial charge >= 0.3 is 0 Å². The maximum atomic E-state index is 12.5. The molecule has 4 nitrogen and oxygen atoms in total. The molecule has 0 saturated carbocycles. The Kier molecular flexibility index (Phi) is 5.69. The summed E-state index contributed by atoms with van der Waals surface area (Å²) < 4.78 is 0. The van der Waals surface area contributed by atoms with E-state index < -0.39 is 6.04 Å². The van der Waals surface area contributed by atoms with Crippen molar-refractivity contribution >= 4 is 11.8 Å². The molecular weight excluding hydrogens is 288 g/mol. The van der Waals surface area contributed by atoms with Crippen LogP contribution in [-0.2, 0) is 16.1 Å². The first-order chi connectivity index (χ1) is 11.1. The van der Waals surface area contributed by atoms with Gasteiger partial charge in [0.1, 0.15) is 6.04 Å². The lowest BCUT2D eigenvalue weighted by atomic mass is 10.1. The molecule has 0 unspecified atom stereocenters. The summed E-state index contributed by atoms with van der Waals surface area (Å²) in [5, 5.41) is 5.58. The number of hydrogen-bond donors (Lipinski definition) is 2. The Balaban J connectivity index is 2.11. The Hall–Kier alpha value is -2.88. The molecular formula is C19H20N2O2. The van der Waals surface area contributed by atoms with Gasteiger partial charge in [0.05, 0.1) is 0 Å². The van der Waals surface area contributed by atoms with Crippen LogP contribution < -0.4 is 10.6 Å². The monoisotopic (exact) mass is 308 g/mol. The zero-order chi connectivity index (χ0) is 16.7. The van der Waals surface area contributed by atoms with Crippen molar-refractivity contribution in [1.29, 1.82) is 0 Å². The molecule has 0 heterocycles. The highest BCUT2D eigenvalue weighted by molar-refractivity contribution is 5.96. The summed E-state index contributed by atoms with van der Waals surface area (Å²) in [7, 11) is 0. The Bertz CT molecular complexity index is 681. The molecule has 1 atom stereocenters. The highest BCUT2D eigenvalue weighted by Crippen LogP contribution is 2.14. The maximum Gasteiger partial charge on any atom is 0.247 e. The third-order valence-corrected chi connectivity index (χ3v) is 3.37. The van der Waals surface area contributed by atoms with Gasteiger partial charge in [0.25, 0.3) is 0 Å². The van der Waals surface area contributed by atoms with E-state index in [9.17, 15) is 9.59 Å². The van der Waals surface area contributed by atoms with Gasteiger partial charge in [-0.05, 0) is 18.1 Å². The third-order valence-electron chi connectivity index (χ3n) is 3.37. The number of nitrogens with one attached hydrogen (secondary N) is 2. The zero-order valence-corrected chi connectivity index (χ0v) is 13.1. The third kappa shape index (κ3) is 4.81. The standard InChI is InChI=1S/C19H20N2O2/c1-14(2)18(22)21-17(16-11-7-4-8-12-16)19(23)20-13-15-9-5-3-6-10-15/h3-12,17H,1,13H2,2H3,(H,20,23)(H,21,22)/t17-/m0/s1. The predicted molar refractivity (Wildman–Crippen MR) is 90.4 cm³/mol. The maximum absolute atomic E-state index is 12.5. The lowest BCUT2D eigenvalue weighted by Crippen LogP contribution is -2.40. The first kappa shape index (κ1) is 16.5. The van der Waals surface area contributed by atoms with Gasteiger partial charge in [0, 0.05) is 12.1 Å². The Labute approximate surface area is 136 Å². The van der Waals surface area contributed by atoms with E-state index in [-0.39, 0.29) is 11.8 Å². The number of amides is 2. The van der Waals surface area contributed by atoms with Gasteiger partial charge in [-0.3, -0.25) is 9.59 Å². The predicted octanol–water partition coefficient (Wildman–Crippen LogP) is 2.74. The summed E-state index contributed by atoms with van der Waals surface area (Å²) in [6.07, 6.45) is 0. The molecule has 2 amide bonds. The fourth-order valence-electron chi connectivity index (χ4n) is 2.09. The molecule has 23 heavy (non-hydrogen) atoms. The summed E-state index contributed by atoms with van der Waals surface area (Å²) in [6, 6.07) is 18.0. The number of carbonyl (C=O) groups is 2. The van der Waals surface area contributed by atoms with Gasteiger partial charge in [-0.2, -0.15) is 0 Å². The molecule has 0 aliphatic carbocycles. The number of benzene rings is 2. The smallest absolute Gasteiger partial charge is 0.247 e. The average molecular weight is 308 g/mol. The molecule has 2 rings (SSSR count). The lowest BCUT2D eigenvalue weighted by molar-refractivity contribution is -0.127. The van der Waals surface area contributed by atoms with Crippen LogP contribution in [0.2, 0.25) is 0 Å². The van der Waals surface area contributed by atoms with Crippen molar-refractivity contribution in [1.82, 2.24) is 10.6 Å². The molecule has 2 N–H and O–H groups in total. The first-order valence-corrected chi connectivity index (χ1v) is 7.41. The van der Waals surface area contributed by atoms with E-state index in [0.29, 0.717) is 12.1 Å². The van der Waals surface area contributed by atoms with Crippen molar-refractivity contribution < 1.29 is 9.59 Å². The van der Waals surface area contributed by atoms with Crippen LogP contribution in [0.1, 0.15) is 24.1 Å². The minimum atomic E-state index is -0.746. The van der Waals surface area contributed by atoms with Crippen molar-refractivity contribution in [3.63, 3.8) is 0 Å². The van der Waals surface area contributed by atoms with E-state index in [1.54, 1.807) is 6.92 Å². The van der Waals surface area contributed by atoms with Crippen LogP contribution in [0.5, 0.6) is 0 Å². The SMILES string of the molecule is C=C(C)C(=O)N[C@H](C(=O)NCc1ccccc1)c1ccccc1. The van der Waals surface area contributed by atoms with Crippen LogP contribution in [0.4, 0.5) is 0 Å². The molecule has 2 aromatic rings. The van der Waals surface area contributed by atoms with Crippen molar-refractivity contribution in [2.75, 3.05) is 0 Å². The molecule has 0 radical (unpaired) electrons. The summed E-state index contributed by atoms with van der Waals surface area (Å²) in [5.41, 5.74) is 2.09. The van der Waals surface area contributed by atoms with Crippen molar-refractivity contribution in [3.05, 3.63) is 83.9 Å². The minimum absolute atomic E-state index is 0.255. The topological polar surface area (TPSA) is 58.2 Å². The lowest BCUT2D eigenvalue weighted by Gasteiger charge is -2.19. The Morgan fingerprint density at radius 3 is 2.13 bits per heavy atom. The largest absolute Gasteiger partial charge is 0.350 e. The van der Waals surface area contributed by atoms with Crippen LogP contribution in [0.15, 0.2) is 72.8 Å². The molecule has 0 spiro atoms. The second-order valence-corrected chi connectivity index (χ2v) is 5.30. The molecule has 4 heteroatoms. The Morgan fingerprint density at radius 1 is 1.00 bits per heavy atom. The van der Waals surface area contributed by atoms with Crippen molar-refractivity contribution in [3.8, 4) is 0 Å². The van der Waals surface area contributed by atoms with Crippen molar-refractivity contribution in [2.24, 2.45) is 0 Å². The summed E-state index contributed by atoms with van der Waals surface area (Å²) in [4.78, 5) is 24.4. The highest BCUT2D eigenvalue weighted by Gasteiger charge is 2.22. The molecule has 2 aromatic carbocycles. The quantitative estimate of drug-likeness (QED) is 0.806. The van der Waals surface area contributed by atoms with Crippen LogP contribution in [0.3, 0.4) is 0 Å². The number of carbonyl (C=O) groups excluding carboxylic acids is 2. The molecule has 0 aromatic heterocycles. The molecule has 0 aliphatic heterocycles. The summed E-state index contributed by atoms with van der Waals surface area (Å²) in [5.74, 6) is -0.594. The van der Waals surface area contributed by atoms with Gasteiger partial charge in [-0.15, -0.1) is 0 Å². The second-order valence-electron chi connectivity index (χ2n) is 5.30. The molecule has 0 bridgehead atoms. The van der Waals surface area contributed by atoms with Gasteiger partial charge in [0.2, 0.25) is 11.8 Å². The van der Waals surface area contributed by atoms with Gasteiger partial charge in [0.15, 0.2) is 0 Å². The second kappa shape index (κ2) is 7.94. The molecule has 0 fully saturated rings.